The van der Waals surface area contributed by atoms with Gasteiger partial charge in [0.2, 0.25) is 0 Å². The van der Waals surface area contributed by atoms with Gasteiger partial charge in [-0.3, -0.25) is 9.78 Å². The van der Waals surface area contributed by atoms with E-state index in [9.17, 15) is 9.90 Å². The van der Waals surface area contributed by atoms with Gasteiger partial charge < -0.3 is 15.2 Å². The van der Waals surface area contributed by atoms with Crippen molar-refractivity contribution in [3.63, 3.8) is 0 Å². The van der Waals surface area contributed by atoms with Crippen molar-refractivity contribution in [2.45, 2.75) is 18.6 Å². The van der Waals surface area contributed by atoms with Crippen LogP contribution in [0.2, 0.25) is 0 Å². The molecule has 0 saturated heterocycles. The third-order valence-corrected chi connectivity index (χ3v) is 3.74. The third kappa shape index (κ3) is 2.48. The van der Waals surface area contributed by atoms with Gasteiger partial charge >= 0.3 is 0 Å². The minimum Gasteiger partial charge on any atom is -0.494 e. The topological polar surface area (TPSA) is 71.5 Å². The van der Waals surface area contributed by atoms with Gasteiger partial charge in [0.25, 0.3) is 5.91 Å². The highest BCUT2D eigenvalue weighted by Crippen LogP contribution is 2.31. The third-order valence-electron chi connectivity index (χ3n) is 3.74. The quantitative estimate of drug-likeness (QED) is 0.895. The predicted octanol–water partition coefficient (Wildman–Crippen LogP) is 1.48. The van der Waals surface area contributed by atoms with Crippen LogP contribution in [0.4, 0.5) is 0 Å². The number of carbonyl (C=O) groups excluding carboxylic acids is 1. The first-order chi connectivity index (χ1) is 10.2. The maximum atomic E-state index is 12.4. The fourth-order valence-electron chi connectivity index (χ4n) is 2.70. The van der Waals surface area contributed by atoms with Gasteiger partial charge in [0.1, 0.15) is 5.75 Å². The molecule has 2 aromatic rings. The molecule has 1 aromatic carbocycles. The summed E-state index contributed by atoms with van der Waals surface area (Å²) in [4.78, 5) is 16.3. The largest absolute Gasteiger partial charge is 0.494 e. The average molecular weight is 284 g/mol. The van der Waals surface area contributed by atoms with E-state index in [4.69, 9.17) is 4.74 Å². The molecule has 3 rings (SSSR count). The molecular weight excluding hydrogens is 268 g/mol. The van der Waals surface area contributed by atoms with Gasteiger partial charge in [-0.1, -0.05) is 24.3 Å². The van der Waals surface area contributed by atoms with E-state index in [1.807, 2.05) is 24.3 Å². The van der Waals surface area contributed by atoms with E-state index in [1.165, 1.54) is 19.5 Å². The minimum atomic E-state index is -0.612. The lowest BCUT2D eigenvalue weighted by Gasteiger charge is -2.18. The molecule has 0 fully saturated rings. The smallest absolute Gasteiger partial charge is 0.255 e. The molecule has 0 radical (unpaired) electrons. The van der Waals surface area contributed by atoms with Crippen molar-refractivity contribution in [2.24, 2.45) is 0 Å². The van der Waals surface area contributed by atoms with Crippen LogP contribution in [0.3, 0.4) is 0 Å². The number of hydrogen-bond donors (Lipinski definition) is 2. The second-order valence-electron chi connectivity index (χ2n) is 5.00. The summed E-state index contributed by atoms with van der Waals surface area (Å²) >= 11 is 0. The normalized spacial score (nSPS) is 19.9. The van der Waals surface area contributed by atoms with Crippen molar-refractivity contribution in [3.05, 3.63) is 59.4 Å². The van der Waals surface area contributed by atoms with Crippen molar-refractivity contribution >= 4 is 5.91 Å². The Morgan fingerprint density at radius 2 is 2.19 bits per heavy atom. The minimum absolute atomic E-state index is 0.282. The summed E-state index contributed by atoms with van der Waals surface area (Å²) in [6, 6.07) is 8.94. The molecule has 1 amide bonds. The molecule has 108 valence electrons. The number of pyridine rings is 1. The van der Waals surface area contributed by atoms with Crippen LogP contribution < -0.4 is 10.1 Å². The maximum Gasteiger partial charge on any atom is 0.255 e. The number of nitrogens with one attached hydrogen (secondary N) is 1. The first-order valence-corrected chi connectivity index (χ1v) is 6.75. The second-order valence-corrected chi connectivity index (χ2v) is 5.00. The van der Waals surface area contributed by atoms with Crippen molar-refractivity contribution in [1.82, 2.24) is 10.3 Å². The fourth-order valence-corrected chi connectivity index (χ4v) is 2.70. The van der Waals surface area contributed by atoms with Crippen LogP contribution in [-0.4, -0.2) is 29.2 Å². The highest BCUT2D eigenvalue weighted by atomic mass is 16.5. The van der Waals surface area contributed by atoms with Gasteiger partial charge in [-0.15, -0.1) is 0 Å². The molecule has 21 heavy (non-hydrogen) atoms. The van der Waals surface area contributed by atoms with Crippen molar-refractivity contribution < 1.29 is 14.6 Å². The molecule has 0 bridgehead atoms. The van der Waals surface area contributed by atoms with Crippen LogP contribution in [0.15, 0.2) is 42.7 Å². The molecule has 1 aliphatic carbocycles. The van der Waals surface area contributed by atoms with E-state index in [0.29, 0.717) is 17.7 Å². The summed E-state index contributed by atoms with van der Waals surface area (Å²) in [5, 5.41) is 13.1. The van der Waals surface area contributed by atoms with E-state index < -0.39 is 12.1 Å². The number of fused-ring (bicyclic) bond motifs is 1. The number of aliphatic hydroxyl groups excluding tert-OH is 1. The average Bonchev–Trinajstić information content (AvgIpc) is 2.83. The number of amides is 1. The molecule has 0 aliphatic heterocycles. The molecule has 0 saturated carbocycles. The number of methoxy groups -OCH3 is 1. The van der Waals surface area contributed by atoms with Gasteiger partial charge in [0, 0.05) is 12.6 Å². The zero-order valence-electron chi connectivity index (χ0n) is 11.6. The van der Waals surface area contributed by atoms with Crippen LogP contribution in [0.25, 0.3) is 0 Å². The molecule has 5 nitrogen and oxygen atoms in total. The zero-order chi connectivity index (χ0) is 14.8. The van der Waals surface area contributed by atoms with Crippen LogP contribution in [0.1, 0.15) is 27.5 Å². The van der Waals surface area contributed by atoms with Gasteiger partial charge in [-0.25, -0.2) is 0 Å². The first-order valence-electron chi connectivity index (χ1n) is 6.75. The van der Waals surface area contributed by atoms with Crippen LogP contribution in [0.5, 0.6) is 5.75 Å². The zero-order valence-corrected chi connectivity index (χ0v) is 11.6. The highest BCUT2D eigenvalue weighted by Gasteiger charge is 2.32. The van der Waals surface area contributed by atoms with E-state index in [0.717, 1.165) is 11.1 Å². The summed E-state index contributed by atoms with van der Waals surface area (Å²) in [7, 11) is 1.49. The lowest BCUT2D eigenvalue weighted by atomic mass is 10.1. The van der Waals surface area contributed by atoms with Gasteiger partial charge in [-0.05, 0) is 17.2 Å². The summed E-state index contributed by atoms with van der Waals surface area (Å²) < 4.78 is 5.14. The SMILES string of the molecule is COc1cnccc1C(=O)N[C@@H]1c2ccccc2C[C@@H]1O. The number of ether oxygens (including phenoxy) is 1. The maximum absolute atomic E-state index is 12.4. The molecule has 0 unspecified atom stereocenters. The number of rotatable bonds is 3. The number of nitrogens with zero attached hydrogens (tertiary/aromatic N) is 1. The molecule has 2 N–H and O–H groups in total. The molecular formula is C16H16N2O3. The lowest BCUT2D eigenvalue weighted by molar-refractivity contribution is 0.0855. The van der Waals surface area contributed by atoms with Crippen molar-refractivity contribution in [2.75, 3.05) is 7.11 Å². The van der Waals surface area contributed by atoms with Gasteiger partial charge in [-0.2, -0.15) is 0 Å². The molecule has 5 heteroatoms. The lowest BCUT2D eigenvalue weighted by Crippen LogP contribution is -2.34. The fraction of sp³-hybridized carbons (Fsp3) is 0.250. The Morgan fingerprint density at radius 1 is 1.38 bits per heavy atom. The summed E-state index contributed by atoms with van der Waals surface area (Å²) in [5.41, 5.74) is 2.44. The van der Waals surface area contributed by atoms with Gasteiger partial charge in [0.05, 0.1) is 31.0 Å². The molecule has 1 aliphatic rings. The molecule has 2 atom stereocenters. The van der Waals surface area contributed by atoms with E-state index in [1.54, 1.807) is 6.07 Å². The first kappa shape index (κ1) is 13.6. The summed E-state index contributed by atoms with van der Waals surface area (Å²) in [6.45, 7) is 0. The molecule has 1 heterocycles. The highest BCUT2D eigenvalue weighted by molar-refractivity contribution is 5.97. The Hall–Kier alpha value is -2.40. The van der Waals surface area contributed by atoms with Crippen LogP contribution in [-0.2, 0) is 6.42 Å². The van der Waals surface area contributed by atoms with Crippen LogP contribution >= 0.6 is 0 Å². The van der Waals surface area contributed by atoms with E-state index in [-0.39, 0.29) is 5.91 Å². The molecule has 0 spiro atoms. The van der Waals surface area contributed by atoms with Crippen LogP contribution in [0, 0.1) is 0 Å². The van der Waals surface area contributed by atoms with E-state index >= 15 is 0 Å². The predicted molar refractivity (Wildman–Crippen MR) is 77.1 cm³/mol. The Bertz CT molecular complexity index is 672. The number of carbonyl (C=O) groups is 1. The number of aromatic nitrogens is 1. The Balaban J connectivity index is 1.85. The number of benzene rings is 1. The Morgan fingerprint density at radius 3 is 3.00 bits per heavy atom. The monoisotopic (exact) mass is 284 g/mol. The number of aliphatic hydroxyl groups is 1. The Labute approximate surface area is 122 Å². The molecule has 1 aromatic heterocycles. The second kappa shape index (κ2) is 5.54. The Kier molecular flexibility index (Phi) is 3.58. The summed E-state index contributed by atoms with van der Waals surface area (Å²) in [6.07, 6.45) is 2.97. The van der Waals surface area contributed by atoms with Crippen molar-refractivity contribution in [3.8, 4) is 5.75 Å². The standard InChI is InChI=1S/C16H16N2O3/c1-21-14-9-17-7-6-12(14)16(20)18-15-11-5-3-2-4-10(11)8-13(15)19/h2-7,9,13,15,19H,8H2,1H3,(H,18,20)/t13-,15+/m0/s1. The van der Waals surface area contributed by atoms with Crippen molar-refractivity contribution in [1.29, 1.82) is 0 Å². The van der Waals surface area contributed by atoms with E-state index in [2.05, 4.69) is 10.3 Å². The van der Waals surface area contributed by atoms with Gasteiger partial charge in [0.15, 0.2) is 0 Å². The summed E-state index contributed by atoms with van der Waals surface area (Å²) in [5.74, 6) is 0.130. The number of hydrogen-bond acceptors (Lipinski definition) is 4.